The lowest BCUT2D eigenvalue weighted by Gasteiger charge is -2.37. The van der Waals surface area contributed by atoms with Gasteiger partial charge in [-0.25, -0.2) is 4.98 Å². The third kappa shape index (κ3) is 3.43. The molecule has 0 spiro atoms. The van der Waals surface area contributed by atoms with E-state index in [0.717, 1.165) is 18.4 Å². The fraction of sp³-hybridized carbons (Fsp3) is 0.318. The zero-order chi connectivity index (χ0) is 17.8. The molecule has 0 saturated carbocycles. The first-order chi connectivity index (χ1) is 12.8. The van der Waals surface area contributed by atoms with E-state index in [-0.39, 0.29) is 0 Å². The molecule has 0 radical (unpaired) electrons. The Morgan fingerprint density at radius 3 is 2.19 bits per heavy atom. The molecule has 0 unspecified atom stereocenters. The highest BCUT2D eigenvalue weighted by Crippen LogP contribution is 2.34. The molecule has 0 amide bonds. The number of ether oxygens (including phenoxy) is 2. The van der Waals surface area contributed by atoms with Crippen molar-refractivity contribution in [2.24, 2.45) is 0 Å². The standard InChI is InChI=1S/C22H24N2O2/c1-2-18-4-6-19(7-5-18)20-8-10-21(11-9-20)22(25-14-3-15-26-22)16-24-13-12-23-17-24/h4-13,17H,2-3,14-16H2,1H3. The molecule has 1 fully saturated rings. The van der Waals surface area contributed by atoms with Gasteiger partial charge in [-0.15, -0.1) is 0 Å². The van der Waals surface area contributed by atoms with Crippen LogP contribution in [0.2, 0.25) is 0 Å². The second kappa shape index (κ2) is 7.44. The van der Waals surface area contributed by atoms with E-state index < -0.39 is 5.79 Å². The largest absolute Gasteiger partial charge is 0.344 e. The number of hydrogen-bond acceptors (Lipinski definition) is 3. The molecule has 0 bridgehead atoms. The Kier molecular flexibility index (Phi) is 4.87. The molecule has 1 aliphatic heterocycles. The molecule has 134 valence electrons. The third-order valence-corrected chi connectivity index (χ3v) is 4.93. The summed E-state index contributed by atoms with van der Waals surface area (Å²) in [6.45, 7) is 4.18. The number of aromatic nitrogens is 2. The van der Waals surface area contributed by atoms with Gasteiger partial charge in [0.1, 0.15) is 0 Å². The van der Waals surface area contributed by atoms with E-state index in [9.17, 15) is 0 Å². The maximum atomic E-state index is 6.13. The first kappa shape index (κ1) is 17.0. The summed E-state index contributed by atoms with van der Waals surface area (Å²) >= 11 is 0. The molecule has 4 rings (SSSR count). The van der Waals surface area contributed by atoms with Gasteiger partial charge in [-0.1, -0.05) is 55.5 Å². The van der Waals surface area contributed by atoms with Crippen molar-refractivity contribution in [1.82, 2.24) is 9.55 Å². The summed E-state index contributed by atoms with van der Waals surface area (Å²) in [6.07, 6.45) is 7.50. The Morgan fingerprint density at radius 1 is 0.962 bits per heavy atom. The van der Waals surface area contributed by atoms with Crippen molar-refractivity contribution in [1.29, 1.82) is 0 Å². The molecular weight excluding hydrogens is 324 g/mol. The van der Waals surface area contributed by atoms with Crippen molar-refractivity contribution in [2.45, 2.75) is 32.1 Å². The van der Waals surface area contributed by atoms with E-state index in [0.29, 0.717) is 19.8 Å². The number of imidazole rings is 1. The fourth-order valence-electron chi connectivity index (χ4n) is 3.39. The minimum absolute atomic E-state index is 0.595. The SMILES string of the molecule is CCc1ccc(-c2ccc(C3(Cn4ccnc4)OCCCO3)cc2)cc1. The van der Waals surface area contributed by atoms with Gasteiger partial charge in [0, 0.05) is 18.0 Å². The van der Waals surface area contributed by atoms with Crippen molar-refractivity contribution in [2.75, 3.05) is 13.2 Å². The predicted molar refractivity (Wildman–Crippen MR) is 102 cm³/mol. The van der Waals surface area contributed by atoms with E-state index in [1.165, 1.54) is 16.7 Å². The van der Waals surface area contributed by atoms with Crippen molar-refractivity contribution < 1.29 is 9.47 Å². The molecule has 1 aliphatic rings. The Labute approximate surface area is 154 Å². The number of rotatable bonds is 5. The zero-order valence-electron chi connectivity index (χ0n) is 15.1. The van der Waals surface area contributed by atoms with Crippen LogP contribution in [-0.2, 0) is 28.2 Å². The number of benzene rings is 2. The lowest BCUT2D eigenvalue weighted by atomic mass is 9.98. The van der Waals surface area contributed by atoms with Crippen molar-refractivity contribution in [3.63, 3.8) is 0 Å². The minimum atomic E-state index is -0.746. The monoisotopic (exact) mass is 348 g/mol. The summed E-state index contributed by atoms with van der Waals surface area (Å²) in [5.74, 6) is -0.746. The van der Waals surface area contributed by atoms with E-state index in [1.54, 1.807) is 12.5 Å². The molecule has 0 aliphatic carbocycles. The molecule has 1 saturated heterocycles. The van der Waals surface area contributed by atoms with E-state index in [2.05, 4.69) is 60.4 Å². The van der Waals surface area contributed by atoms with Gasteiger partial charge in [0.15, 0.2) is 0 Å². The highest BCUT2D eigenvalue weighted by atomic mass is 16.7. The van der Waals surface area contributed by atoms with Gasteiger partial charge in [0.2, 0.25) is 5.79 Å². The van der Waals surface area contributed by atoms with Gasteiger partial charge in [-0.3, -0.25) is 0 Å². The predicted octanol–water partition coefficient (Wildman–Crippen LogP) is 4.40. The zero-order valence-corrected chi connectivity index (χ0v) is 15.1. The summed E-state index contributed by atoms with van der Waals surface area (Å²) in [6, 6.07) is 17.3. The summed E-state index contributed by atoms with van der Waals surface area (Å²) in [5.41, 5.74) is 4.82. The average Bonchev–Trinajstić information content (AvgIpc) is 3.22. The van der Waals surface area contributed by atoms with Crippen LogP contribution in [0.5, 0.6) is 0 Å². The average molecular weight is 348 g/mol. The Bertz CT molecular complexity index is 818. The second-order valence-electron chi connectivity index (χ2n) is 6.67. The molecule has 26 heavy (non-hydrogen) atoms. The van der Waals surface area contributed by atoms with Crippen molar-refractivity contribution in [3.8, 4) is 11.1 Å². The maximum Gasteiger partial charge on any atom is 0.213 e. The normalized spacial score (nSPS) is 16.5. The minimum Gasteiger partial charge on any atom is -0.344 e. The van der Waals surface area contributed by atoms with Gasteiger partial charge in [0.05, 0.1) is 26.1 Å². The molecule has 2 aromatic carbocycles. The maximum absolute atomic E-state index is 6.13. The van der Waals surface area contributed by atoms with Gasteiger partial charge >= 0.3 is 0 Å². The van der Waals surface area contributed by atoms with Gasteiger partial charge < -0.3 is 14.0 Å². The van der Waals surface area contributed by atoms with Crippen LogP contribution >= 0.6 is 0 Å². The van der Waals surface area contributed by atoms with Crippen LogP contribution in [0.3, 0.4) is 0 Å². The highest BCUT2D eigenvalue weighted by molar-refractivity contribution is 5.64. The first-order valence-electron chi connectivity index (χ1n) is 9.22. The van der Waals surface area contributed by atoms with E-state index in [4.69, 9.17) is 9.47 Å². The summed E-state index contributed by atoms with van der Waals surface area (Å²) in [4.78, 5) is 4.13. The Hall–Kier alpha value is -2.43. The van der Waals surface area contributed by atoms with Gasteiger partial charge in [-0.2, -0.15) is 0 Å². The molecule has 4 nitrogen and oxygen atoms in total. The van der Waals surface area contributed by atoms with Crippen LogP contribution < -0.4 is 0 Å². The topological polar surface area (TPSA) is 36.3 Å². The second-order valence-corrected chi connectivity index (χ2v) is 6.67. The molecule has 0 N–H and O–H groups in total. The van der Waals surface area contributed by atoms with Crippen molar-refractivity contribution in [3.05, 3.63) is 78.4 Å². The number of nitrogens with zero attached hydrogens (tertiary/aromatic N) is 2. The summed E-state index contributed by atoms with van der Waals surface area (Å²) in [5, 5.41) is 0. The molecule has 0 atom stereocenters. The molecule has 4 heteroatoms. The smallest absolute Gasteiger partial charge is 0.213 e. The Balaban J connectivity index is 1.62. The van der Waals surface area contributed by atoms with Crippen LogP contribution in [0.25, 0.3) is 11.1 Å². The van der Waals surface area contributed by atoms with Crippen LogP contribution in [0, 0.1) is 0 Å². The van der Waals surface area contributed by atoms with E-state index >= 15 is 0 Å². The number of aryl methyl sites for hydroxylation is 1. The van der Waals surface area contributed by atoms with Crippen LogP contribution in [0.4, 0.5) is 0 Å². The molecule has 3 aromatic rings. The Morgan fingerprint density at radius 2 is 1.62 bits per heavy atom. The quantitative estimate of drug-likeness (QED) is 0.685. The fourth-order valence-corrected chi connectivity index (χ4v) is 3.39. The molecule has 2 heterocycles. The highest BCUT2D eigenvalue weighted by Gasteiger charge is 2.37. The third-order valence-electron chi connectivity index (χ3n) is 4.93. The van der Waals surface area contributed by atoms with E-state index in [1.807, 2.05) is 10.8 Å². The van der Waals surface area contributed by atoms with Gasteiger partial charge in [-0.05, 0) is 29.5 Å². The molecular formula is C22H24N2O2. The van der Waals surface area contributed by atoms with Crippen LogP contribution in [0.1, 0.15) is 24.5 Å². The summed E-state index contributed by atoms with van der Waals surface area (Å²) in [7, 11) is 0. The lowest BCUT2D eigenvalue weighted by Crippen LogP contribution is -2.41. The van der Waals surface area contributed by atoms with Crippen LogP contribution in [-0.4, -0.2) is 22.8 Å². The van der Waals surface area contributed by atoms with Crippen LogP contribution in [0.15, 0.2) is 67.3 Å². The number of hydrogen-bond donors (Lipinski definition) is 0. The van der Waals surface area contributed by atoms with Crippen molar-refractivity contribution >= 4 is 0 Å². The first-order valence-corrected chi connectivity index (χ1v) is 9.22. The lowest BCUT2D eigenvalue weighted by molar-refractivity contribution is -0.283. The molecule has 1 aromatic heterocycles. The summed E-state index contributed by atoms with van der Waals surface area (Å²) < 4.78 is 14.3. The van der Waals surface area contributed by atoms with Gasteiger partial charge in [0.25, 0.3) is 0 Å².